The van der Waals surface area contributed by atoms with Crippen LogP contribution in [0.3, 0.4) is 0 Å². The van der Waals surface area contributed by atoms with Gasteiger partial charge >= 0.3 is 0 Å². The molecule has 0 aliphatic heterocycles. The van der Waals surface area contributed by atoms with Crippen LogP contribution in [0.4, 0.5) is 0 Å². The fourth-order valence-electron chi connectivity index (χ4n) is 1.20. The van der Waals surface area contributed by atoms with E-state index in [1.54, 1.807) is 6.92 Å². The van der Waals surface area contributed by atoms with Crippen molar-refractivity contribution in [2.75, 3.05) is 6.54 Å². The van der Waals surface area contributed by atoms with E-state index in [1.807, 2.05) is 6.92 Å². The lowest BCUT2D eigenvalue weighted by Crippen LogP contribution is -2.46. The monoisotopic (exact) mass is 210 g/mol. The minimum absolute atomic E-state index is 0.0570. The van der Waals surface area contributed by atoms with Gasteiger partial charge in [0.25, 0.3) is 0 Å². The highest BCUT2D eigenvalue weighted by molar-refractivity contribution is 5.81. The molecule has 1 atom stereocenters. The highest BCUT2D eigenvalue weighted by atomic mass is 16.2. The number of hydrogen-bond donors (Lipinski definition) is 2. The molecule has 0 aliphatic carbocycles. The Morgan fingerprint density at radius 1 is 1.33 bits per heavy atom. The van der Waals surface area contributed by atoms with Gasteiger partial charge in [-0.1, -0.05) is 19.8 Å². The van der Waals surface area contributed by atoms with Crippen molar-refractivity contribution in [1.29, 1.82) is 0 Å². The molecule has 1 amide bonds. The lowest BCUT2D eigenvalue weighted by atomic mass is 10.1. The predicted octanol–water partition coefficient (Wildman–Crippen LogP) is 1.29. The van der Waals surface area contributed by atoms with E-state index in [2.05, 4.69) is 36.3 Å². The Morgan fingerprint density at radius 2 is 1.93 bits per heavy atom. The molecule has 0 bridgehead atoms. The van der Waals surface area contributed by atoms with E-state index in [0.29, 0.717) is 12.6 Å². The molecule has 0 heterocycles. The Balaban J connectivity index is 3.90. The third-order valence-electron chi connectivity index (χ3n) is 2.40. The highest BCUT2D eigenvalue weighted by Crippen LogP contribution is 1.96. The molecular weight excluding hydrogens is 188 g/mol. The van der Waals surface area contributed by atoms with Crippen molar-refractivity contribution >= 4 is 5.91 Å². The van der Waals surface area contributed by atoms with E-state index >= 15 is 0 Å². The Kier molecular flexibility index (Phi) is 7.75. The molecule has 15 heavy (non-hydrogen) atoms. The summed E-state index contributed by atoms with van der Waals surface area (Å²) in [5, 5.41) is 6.04. The molecular formula is C12H22N2O. The average Bonchev–Trinajstić information content (AvgIpc) is 2.25. The third-order valence-corrected chi connectivity index (χ3v) is 2.40. The van der Waals surface area contributed by atoms with E-state index in [4.69, 9.17) is 0 Å². The molecule has 0 spiro atoms. The smallest absolute Gasteiger partial charge is 0.237 e. The first kappa shape index (κ1) is 14.0. The fourth-order valence-corrected chi connectivity index (χ4v) is 1.20. The molecule has 0 aromatic carbocycles. The first-order valence-electron chi connectivity index (χ1n) is 5.59. The summed E-state index contributed by atoms with van der Waals surface area (Å²) in [6.07, 6.45) is 1.95. The van der Waals surface area contributed by atoms with Crippen LogP contribution in [0.5, 0.6) is 0 Å². The van der Waals surface area contributed by atoms with Gasteiger partial charge in [-0.2, -0.15) is 0 Å². The summed E-state index contributed by atoms with van der Waals surface area (Å²) in [4.78, 5) is 11.6. The Hall–Kier alpha value is -1.01. The zero-order valence-electron chi connectivity index (χ0n) is 10.2. The van der Waals surface area contributed by atoms with Crippen molar-refractivity contribution in [3.05, 3.63) is 0 Å². The summed E-state index contributed by atoms with van der Waals surface area (Å²) >= 11 is 0. The molecule has 0 aromatic rings. The Bertz CT molecular complexity index is 236. The second-order valence-electron chi connectivity index (χ2n) is 3.55. The molecule has 3 nitrogen and oxygen atoms in total. The minimum atomic E-state index is -0.175. The van der Waals surface area contributed by atoms with Crippen LogP contribution in [0.15, 0.2) is 0 Å². The van der Waals surface area contributed by atoms with Crippen molar-refractivity contribution < 1.29 is 4.79 Å². The van der Waals surface area contributed by atoms with Gasteiger partial charge in [0.2, 0.25) is 5.91 Å². The van der Waals surface area contributed by atoms with Crippen LogP contribution < -0.4 is 10.6 Å². The van der Waals surface area contributed by atoms with Gasteiger partial charge in [0.15, 0.2) is 0 Å². The average molecular weight is 210 g/mol. The number of carbonyl (C=O) groups is 1. The summed E-state index contributed by atoms with van der Waals surface area (Å²) < 4.78 is 0. The first-order chi connectivity index (χ1) is 7.15. The maximum Gasteiger partial charge on any atom is 0.237 e. The number of amides is 1. The molecule has 0 saturated carbocycles. The molecule has 3 heteroatoms. The van der Waals surface area contributed by atoms with Crippen LogP contribution in [0, 0.1) is 11.8 Å². The van der Waals surface area contributed by atoms with E-state index in [0.717, 1.165) is 12.8 Å². The van der Waals surface area contributed by atoms with Crippen molar-refractivity contribution in [3.8, 4) is 11.8 Å². The van der Waals surface area contributed by atoms with Crippen LogP contribution in [0.2, 0.25) is 0 Å². The molecule has 86 valence electrons. The molecule has 1 unspecified atom stereocenters. The van der Waals surface area contributed by atoms with Gasteiger partial charge in [-0.15, -0.1) is 5.92 Å². The topological polar surface area (TPSA) is 41.1 Å². The lowest BCUT2D eigenvalue weighted by molar-refractivity contribution is -0.123. The zero-order chi connectivity index (χ0) is 11.7. The third kappa shape index (κ3) is 6.14. The minimum Gasteiger partial charge on any atom is -0.352 e. The SMILES string of the molecule is CC#CCNC(C)C(=O)NC(CC)CC. The molecule has 0 saturated heterocycles. The van der Waals surface area contributed by atoms with Gasteiger partial charge in [0.05, 0.1) is 12.6 Å². The Morgan fingerprint density at radius 3 is 2.40 bits per heavy atom. The first-order valence-corrected chi connectivity index (χ1v) is 5.59. The van der Waals surface area contributed by atoms with Crippen LogP contribution in [0.25, 0.3) is 0 Å². The largest absolute Gasteiger partial charge is 0.352 e. The van der Waals surface area contributed by atoms with Gasteiger partial charge in [-0.05, 0) is 26.7 Å². The quantitative estimate of drug-likeness (QED) is 0.649. The highest BCUT2D eigenvalue weighted by Gasteiger charge is 2.14. The van der Waals surface area contributed by atoms with Gasteiger partial charge < -0.3 is 5.32 Å². The zero-order valence-corrected chi connectivity index (χ0v) is 10.2. The lowest BCUT2D eigenvalue weighted by Gasteiger charge is -2.18. The maximum absolute atomic E-state index is 11.6. The fraction of sp³-hybridized carbons (Fsp3) is 0.750. The van der Waals surface area contributed by atoms with Gasteiger partial charge in [-0.3, -0.25) is 10.1 Å². The summed E-state index contributed by atoms with van der Waals surface area (Å²) in [6.45, 7) is 8.36. The van der Waals surface area contributed by atoms with Gasteiger partial charge in [-0.25, -0.2) is 0 Å². The molecule has 0 fully saturated rings. The van der Waals surface area contributed by atoms with Gasteiger partial charge in [0.1, 0.15) is 0 Å². The van der Waals surface area contributed by atoms with Crippen molar-refractivity contribution in [2.24, 2.45) is 0 Å². The number of hydrogen-bond acceptors (Lipinski definition) is 2. The number of rotatable bonds is 6. The van der Waals surface area contributed by atoms with E-state index < -0.39 is 0 Å². The summed E-state index contributed by atoms with van der Waals surface area (Å²) in [6, 6.07) is 0.116. The van der Waals surface area contributed by atoms with E-state index in [1.165, 1.54) is 0 Å². The maximum atomic E-state index is 11.6. The molecule has 0 aliphatic rings. The van der Waals surface area contributed by atoms with Crippen LogP contribution >= 0.6 is 0 Å². The number of carbonyl (C=O) groups excluding carboxylic acids is 1. The Labute approximate surface area is 93.0 Å². The number of nitrogens with one attached hydrogen (secondary N) is 2. The van der Waals surface area contributed by atoms with E-state index in [9.17, 15) is 4.79 Å². The van der Waals surface area contributed by atoms with E-state index in [-0.39, 0.29) is 11.9 Å². The second kappa shape index (κ2) is 8.31. The van der Waals surface area contributed by atoms with Crippen LogP contribution in [0.1, 0.15) is 40.5 Å². The van der Waals surface area contributed by atoms with Crippen LogP contribution in [-0.2, 0) is 4.79 Å². The van der Waals surface area contributed by atoms with Crippen molar-refractivity contribution in [2.45, 2.75) is 52.6 Å². The molecule has 2 N–H and O–H groups in total. The van der Waals surface area contributed by atoms with Crippen molar-refractivity contribution in [3.63, 3.8) is 0 Å². The standard InChI is InChI=1S/C12H22N2O/c1-5-8-9-13-10(4)12(15)14-11(6-2)7-3/h10-11,13H,6-7,9H2,1-4H3,(H,14,15). The van der Waals surface area contributed by atoms with Crippen LogP contribution in [-0.4, -0.2) is 24.5 Å². The van der Waals surface area contributed by atoms with Gasteiger partial charge in [0, 0.05) is 6.04 Å². The summed E-state index contributed by atoms with van der Waals surface area (Å²) in [5.74, 6) is 5.71. The molecule has 0 aromatic heterocycles. The molecule has 0 rings (SSSR count). The van der Waals surface area contributed by atoms with Crippen molar-refractivity contribution in [1.82, 2.24) is 10.6 Å². The second-order valence-corrected chi connectivity index (χ2v) is 3.55. The summed E-state index contributed by atoms with van der Waals surface area (Å²) in [5.41, 5.74) is 0. The summed E-state index contributed by atoms with van der Waals surface area (Å²) in [7, 11) is 0. The predicted molar refractivity (Wildman–Crippen MR) is 63.4 cm³/mol. The molecule has 0 radical (unpaired) electrons. The normalized spacial score (nSPS) is 11.8.